The zero-order chi connectivity index (χ0) is 8.27. The molecular formula is C8H15NO2. The summed E-state index contributed by atoms with van der Waals surface area (Å²) in [6, 6.07) is 0.451. The highest BCUT2D eigenvalue weighted by Gasteiger charge is 2.27. The molecule has 0 heterocycles. The van der Waals surface area contributed by atoms with E-state index in [1.807, 2.05) is 6.92 Å². The normalized spacial score (nSPS) is 17.3. The van der Waals surface area contributed by atoms with Crippen LogP contribution < -0.4 is 0 Å². The molecule has 3 heteroatoms. The van der Waals surface area contributed by atoms with E-state index in [0.717, 1.165) is 19.4 Å². The molecule has 0 aromatic rings. The van der Waals surface area contributed by atoms with Gasteiger partial charge in [0.05, 0.1) is 7.11 Å². The van der Waals surface area contributed by atoms with E-state index in [2.05, 4.69) is 4.74 Å². The highest BCUT2D eigenvalue weighted by molar-refractivity contribution is 5.67. The van der Waals surface area contributed by atoms with Crippen molar-refractivity contribution in [2.45, 2.75) is 32.2 Å². The van der Waals surface area contributed by atoms with Gasteiger partial charge in [-0.2, -0.15) is 0 Å². The van der Waals surface area contributed by atoms with Crippen LogP contribution in [0.25, 0.3) is 0 Å². The summed E-state index contributed by atoms with van der Waals surface area (Å²) in [6.07, 6.45) is 3.35. The Balaban J connectivity index is 2.40. The molecule has 1 fully saturated rings. The SMILES string of the molecule is CCN(C(=O)OC)C1CCC1. The summed E-state index contributed by atoms with van der Waals surface area (Å²) in [4.78, 5) is 12.9. The van der Waals surface area contributed by atoms with Crippen molar-refractivity contribution in [1.82, 2.24) is 4.90 Å². The van der Waals surface area contributed by atoms with Crippen molar-refractivity contribution in [3.05, 3.63) is 0 Å². The second-order valence-electron chi connectivity index (χ2n) is 2.84. The molecule has 0 atom stereocenters. The Morgan fingerprint density at radius 3 is 2.55 bits per heavy atom. The van der Waals surface area contributed by atoms with Crippen LogP contribution in [-0.4, -0.2) is 30.7 Å². The van der Waals surface area contributed by atoms with E-state index < -0.39 is 0 Å². The van der Waals surface area contributed by atoms with Gasteiger partial charge in [-0.1, -0.05) is 0 Å². The predicted molar refractivity (Wildman–Crippen MR) is 42.4 cm³/mol. The number of ether oxygens (including phenoxy) is 1. The molecule has 1 rings (SSSR count). The van der Waals surface area contributed by atoms with Crippen molar-refractivity contribution in [3.63, 3.8) is 0 Å². The molecule has 0 radical (unpaired) electrons. The minimum atomic E-state index is -0.183. The minimum Gasteiger partial charge on any atom is -0.453 e. The monoisotopic (exact) mass is 157 g/mol. The molecule has 0 N–H and O–H groups in total. The number of carbonyl (C=O) groups is 1. The van der Waals surface area contributed by atoms with Gasteiger partial charge >= 0.3 is 6.09 Å². The van der Waals surface area contributed by atoms with Crippen molar-refractivity contribution in [1.29, 1.82) is 0 Å². The summed E-state index contributed by atoms with van der Waals surface area (Å²) in [5, 5.41) is 0. The average Bonchev–Trinajstić information content (AvgIpc) is 1.94. The Morgan fingerprint density at radius 1 is 1.64 bits per heavy atom. The van der Waals surface area contributed by atoms with Crippen molar-refractivity contribution < 1.29 is 9.53 Å². The van der Waals surface area contributed by atoms with E-state index in [0.29, 0.717) is 6.04 Å². The van der Waals surface area contributed by atoms with Gasteiger partial charge in [0.25, 0.3) is 0 Å². The van der Waals surface area contributed by atoms with Gasteiger partial charge < -0.3 is 9.64 Å². The molecule has 3 nitrogen and oxygen atoms in total. The van der Waals surface area contributed by atoms with Crippen LogP contribution in [0.2, 0.25) is 0 Å². The van der Waals surface area contributed by atoms with Crippen LogP contribution in [0.1, 0.15) is 26.2 Å². The fourth-order valence-electron chi connectivity index (χ4n) is 1.35. The second-order valence-corrected chi connectivity index (χ2v) is 2.84. The lowest BCUT2D eigenvalue weighted by Gasteiger charge is -2.35. The van der Waals surface area contributed by atoms with E-state index in [-0.39, 0.29) is 6.09 Å². The lowest BCUT2D eigenvalue weighted by Crippen LogP contribution is -2.43. The summed E-state index contributed by atoms with van der Waals surface area (Å²) in [6.45, 7) is 2.74. The predicted octanol–water partition coefficient (Wildman–Crippen LogP) is 1.63. The second kappa shape index (κ2) is 3.60. The third-order valence-electron chi connectivity index (χ3n) is 2.27. The molecule has 0 spiro atoms. The average molecular weight is 157 g/mol. The highest BCUT2D eigenvalue weighted by Crippen LogP contribution is 2.24. The molecule has 0 bridgehead atoms. The van der Waals surface area contributed by atoms with Crippen molar-refractivity contribution in [2.75, 3.05) is 13.7 Å². The zero-order valence-electron chi connectivity index (χ0n) is 7.17. The van der Waals surface area contributed by atoms with Gasteiger partial charge in [0.15, 0.2) is 0 Å². The van der Waals surface area contributed by atoms with Crippen molar-refractivity contribution in [3.8, 4) is 0 Å². The number of rotatable bonds is 2. The molecule has 0 aromatic heterocycles. The molecule has 1 aliphatic carbocycles. The third kappa shape index (κ3) is 1.64. The first-order valence-corrected chi connectivity index (χ1v) is 4.14. The van der Waals surface area contributed by atoms with E-state index >= 15 is 0 Å². The Hall–Kier alpha value is -0.730. The Kier molecular flexibility index (Phi) is 2.74. The Labute approximate surface area is 67.3 Å². The van der Waals surface area contributed by atoms with E-state index in [4.69, 9.17) is 0 Å². The maximum absolute atomic E-state index is 11.1. The van der Waals surface area contributed by atoms with Crippen LogP contribution in [0.5, 0.6) is 0 Å². The maximum Gasteiger partial charge on any atom is 0.409 e. The fourth-order valence-corrected chi connectivity index (χ4v) is 1.35. The lowest BCUT2D eigenvalue weighted by molar-refractivity contribution is 0.0853. The molecule has 0 aliphatic heterocycles. The number of nitrogens with zero attached hydrogens (tertiary/aromatic N) is 1. The summed E-state index contributed by atoms with van der Waals surface area (Å²) < 4.78 is 4.65. The van der Waals surface area contributed by atoms with Gasteiger partial charge in [-0.05, 0) is 26.2 Å². The summed E-state index contributed by atoms with van der Waals surface area (Å²) >= 11 is 0. The van der Waals surface area contributed by atoms with Crippen LogP contribution in [-0.2, 0) is 4.74 Å². The zero-order valence-corrected chi connectivity index (χ0v) is 7.17. The first kappa shape index (κ1) is 8.37. The van der Waals surface area contributed by atoms with Gasteiger partial charge in [-0.25, -0.2) is 4.79 Å². The van der Waals surface area contributed by atoms with Crippen LogP contribution >= 0.6 is 0 Å². The molecular weight excluding hydrogens is 142 g/mol. The standard InChI is InChI=1S/C8H15NO2/c1-3-9(8(10)11-2)7-5-4-6-7/h7H,3-6H2,1-2H3. The molecule has 1 amide bonds. The number of hydrogen-bond donors (Lipinski definition) is 0. The Bertz CT molecular complexity index is 143. The molecule has 0 unspecified atom stereocenters. The first-order chi connectivity index (χ1) is 5.29. The summed E-state index contributed by atoms with van der Waals surface area (Å²) in [7, 11) is 1.43. The number of amides is 1. The van der Waals surface area contributed by atoms with Gasteiger partial charge in [0.2, 0.25) is 0 Å². The van der Waals surface area contributed by atoms with E-state index in [1.165, 1.54) is 13.5 Å². The third-order valence-corrected chi connectivity index (χ3v) is 2.27. The largest absolute Gasteiger partial charge is 0.453 e. The van der Waals surface area contributed by atoms with Crippen molar-refractivity contribution in [2.24, 2.45) is 0 Å². The first-order valence-electron chi connectivity index (χ1n) is 4.14. The van der Waals surface area contributed by atoms with Crippen LogP contribution in [0.4, 0.5) is 4.79 Å². The quantitative estimate of drug-likeness (QED) is 0.609. The fraction of sp³-hybridized carbons (Fsp3) is 0.875. The Morgan fingerprint density at radius 2 is 2.27 bits per heavy atom. The van der Waals surface area contributed by atoms with Crippen LogP contribution in [0.3, 0.4) is 0 Å². The maximum atomic E-state index is 11.1. The van der Waals surface area contributed by atoms with Gasteiger partial charge in [-0.3, -0.25) is 0 Å². The topological polar surface area (TPSA) is 29.5 Å². The van der Waals surface area contributed by atoms with Crippen molar-refractivity contribution >= 4 is 6.09 Å². The van der Waals surface area contributed by atoms with Gasteiger partial charge in [-0.15, -0.1) is 0 Å². The number of methoxy groups -OCH3 is 1. The highest BCUT2D eigenvalue weighted by atomic mass is 16.5. The van der Waals surface area contributed by atoms with Gasteiger partial charge in [0.1, 0.15) is 0 Å². The molecule has 1 saturated carbocycles. The molecule has 0 saturated heterocycles. The molecule has 0 aromatic carbocycles. The van der Waals surface area contributed by atoms with E-state index in [1.54, 1.807) is 4.90 Å². The molecule has 11 heavy (non-hydrogen) atoms. The number of carbonyl (C=O) groups excluding carboxylic acids is 1. The summed E-state index contributed by atoms with van der Waals surface area (Å²) in [5.74, 6) is 0. The lowest BCUT2D eigenvalue weighted by atomic mass is 9.92. The van der Waals surface area contributed by atoms with Crippen LogP contribution in [0, 0.1) is 0 Å². The van der Waals surface area contributed by atoms with Gasteiger partial charge in [0, 0.05) is 12.6 Å². The van der Waals surface area contributed by atoms with E-state index in [9.17, 15) is 4.79 Å². The summed E-state index contributed by atoms with van der Waals surface area (Å²) in [5.41, 5.74) is 0. The molecule has 64 valence electrons. The minimum absolute atomic E-state index is 0.183. The molecule has 1 aliphatic rings. The van der Waals surface area contributed by atoms with Crippen LogP contribution in [0.15, 0.2) is 0 Å². The number of hydrogen-bond acceptors (Lipinski definition) is 2. The smallest absolute Gasteiger partial charge is 0.409 e.